The number of carbonyl (C=O) groups is 3. The third kappa shape index (κ3) is 5.65. The van der Waals surface area contributed by atoms with Gasteiger partial charge in [0, 0.05) is 18.3 Å². The Labute approximate surface area is 235 Å². The summed E-state index contributed by atoms with van der Waals surface area (Å²) in [6.45, 7) is 10.0. The van der Waals surface area contributed by atoms with Crippen LogP contribution in [0.3, 0.4) is 0 Å². The molecule has 2 aromatic rings. The van der Waals surface area contributed by atoms with E-state index in [9.17, 15) is 22.8 Å². The largest absolute Gasteiger partial charge is 0.464 e. The summed E-state index contributed by atoms with van der Waals surface area (Å²) < 4.78 is 42.8. The first-order chi connectivity index (χ1) is 18.7. The van der Waals surface area contributed by atoms with Crippen LogP contribution < -0.4 is 0 Å². The Morgan fingerprint density at radius 1 is 1.05 bits per heavy atom. The Morgan fingerprint density at radius 2 is 1.68 bits per heavy atom. The van der Waals surface area contributed by atoms with Gasteiger partial charge in [-0.05, 0) is 59.2 Å². The van der Waals surface area contributed by atoms with Gasteiger partial charge < -0.3 is 9.47 Å². The van der Waals surface area contributed by atoms with Crippen LogP contribution in [0.15, 0.2) is 59.5 Å². The number of ether oxygens (including phenoxy) is 2. The number of fused-ring (bicyclic) bond motifs is 1. The number of aryl methyl sites for hydroxylation is 1. The molecule has 5 atom stereocenters. The van der Waals surface area contributed by atoms with E-state index in [0.717, 1.165) is 5.56 Å². The van der Waals surface area contributed by atoms with Crippen molar-refractivity contribution in [1.82, 2.24) is 4.90 Å². The van der Waals surface area contributed by atoms with Gasteiger partial charge in [-0.2, -0.15) is 8.42 Å². The Kier molecular flexibility index (Phi) is 8.15. The zero-order chi connectivity index (χ0) is 29.5. The number of rotatable bonds is 7. The van der Waals surface area contributed by atoms with Crippen LogP contribution >= 0.6 is 0 Å². The van der Waals surface area contributed by atoms with E-state index < -0.39 is 63.7 Å². The molecule has 9 nitrogen and oxygen atoms in total. The van der Waals surface area contributed by atoms with E-state index in [0.29, 0.717) is 5.56 Å². The van der Waals surface area contributed by atoms with Gasteiger partial charge in [-0.3, -0.25) is 13.9 Å². The predicted molar refractivity (Wildman–Crippen MR) is 147 cm³/mol. The summed E-state index contributed by atoms with van der Waals surface area (Å²) in [5.41, 5.74) is -0.592. The number of amides is 1. The van der Waals surface area contributed by atoms with Crippen molar-refractivity contribution < 1.29 is 36.5 Å². The average molecular weight is 572 g/mol. The second-order valence-corrected chi connectivity index (χ2v) is 13.3. The number of hydrogen-bond donors (Lipinski definition) is 0. The second kappa shape index (κ2) is 11.0. The molecule has 0 N–H and O–H groups in total. The van der Waals surface area contributed by atoms with E-state index in [1.807, 2.05) is 37.3 Å². The quantitative estimate of drug-likeness (QED) is 0.343. The normalized spacial score (nSPS) is 26.4. The summed E-state index contributed by atoms with van der Waals surface area (Å²) in [7, 11) is -4.18. The fourth-order valence-electron chi connectivity index (χ4n) is 5.90. The molecule has 2 aliphatic rings. The maximum Gasteiger partial charge on any atom is 0.411 e. The van der Waals surface area contributed by atoms with Gasteiger partial charge in [0.15, 0.2) is 0 Å². The molecule has 0 unspecified atom stereocenters. The first kappa shape index (κ1) is 29.7. The van der Waals surface area contributed by atoms with Gasteiger partial charge in [-0.25, -0.2) is 9.59 Å². The molecule has 0 spiro atoms. The Hall–Kier alpha value is -3.24. The first-order valence-electron chi connectivity index (χ1n) is 13.4. The monoisotopic (exact) mass is 571 g/mol. The number of hydrogen-bond acceptors (Lipinski definition) is 8. The van der Waals surface area contributed by atoms with E-state index >= 15 is 0 Å². The molecular formula is C30H37NO8S. The number of nitrogens with zero attached hydrogens (tertiary/aromatic N) is 1. The van der Waals surface area contributed by atoms with Crippen molar-refractivity contribution in [3.05, 3.63) is 65.7 Å². The van der Waals surface area contributed by atoms with Crippen LogP contribution in [0.25, 0.3) is 0 Å². The van der Waals surface area contributed by atoms with Crippen molar-refractivity contribution >= 4 is 28.0 Å². The third-order valence-electron chi connectivity index (χ3n) is 7.70. The van der Waals surface area contributed by atoms with Crippen molar-refractivity contribution in [2.24, 2.45) is 17.3 Å². The number of ketones is 1. The van der Waals surface area contributed by atoms with E-state index in [2.05, 4.69) is 0 Å². The lowest BCUT2D eigenvalue weighted by Gasteiger charge is -2.37. The summed E-state index contributed by atoms with van der Waals surface area (Å²) in [6.07, 6.45) is -0.752. The summed E-state index contributed by atoms with van der Waals surface area (Å²) in [5, 5.41) is 0. The number of likely N-dealkylation sites (tertiary alicyclic amines) is 1. The third-order valence-corrected chi connectivity index (χ3v) is 8.97. The molecule has 1 heterocycles. The molecule has 2 fully saturated rings. The number of carbonyl (C=O) groups excluding carboxylic acids is 3. The highest BCUT2D eigenvalue weighted by Crippen LogP contribution is 2.60. The van der Waals surface area contributed by atoms with E-state index in [1.54, 1.807) is 46.8 Å². The Balaban J connectivity index is 1.79. The highest BCUT2D eigenvalue weighted by molar-refractivity contribution is 7.86. The van der Waals surface area contributed by atoms with Crippen LogP contribution in [0, 0.1) is 24.2 Å². The van der Waals surface area contributed by atoms with E-state index in [1.165, 1.54) is 17.0 Å². The lowest BCUT2D eigenvalue weighted by atomic mass is 9.72. The highest BCUT2D eigenvalue weighted by atomic mass is 32.2. The lowest BCUT2D eigenvalue weighted by molar-refractivity contribution is -0.150. The fraction of sp³-hybridized carbons (Fsp3) is 0.500. The number of esters is 1. The number of Topliss-reactive ketones (excluding diaryl/α,β-unsaturated/α-hetero) is 1. The van der Waals surface area contributed by atoms with Gasteiger partial charge in [0.1, 0.15) is 17.4 Å². The van der Waals surface area contributed by atoms with Crippen molar-refractivity contribution in [2.75, 3.05) is 13.2 Å². The zero-order valence-corrected chi connectivity index (χ0v) is 24.6. The molecule has 2 aromatic carbocycles. The molecule has 0 radical (unpaired) electrons. The first-order valence-corrected chi connectivity index (χ1v) is 14.8. The summed E-state index contributed by atoms with van der Waals surface area (Å²) in [6, 6.07) is 13.5. The van der Waals surface area contributed by atoms with Gasteiger partial charge in [0.25, 0.3) is 10.1 Å². The Bertz CT molecular complexity index is 1370. The SMILES string of the molecule is CCOC(=O)[C@@H]1[C@H]2CC(=O)[C@](C)(COS(=O)(=O)c3ccc(C)cc3)[C@H]2[C@@H](c2ccccc2)N1C(=O)OC(C)(C)C. The van der Waals surface area contributed by atoms with Crippen molar-refractivity contribution in [3.8, 4) is 0 Å². The minimum absolute atomic E-state index is 0.0190. The van der Waals surface area contributed by atoms with Crippen LogP contribution in [-0.4, -0.2) is 56.0 Å². The van der Waals surface area contributed by atoms with Gasteiger partial charge >= 0.3 is 12.1 Å². The van der Waals surface area contributed by atoms with Crippen LogP contribution in [0.5, 0.6) is 0 Å². The highest BCUT2D eigenvalue weighted by Gasteiger charge is 2.67. The maximum atomic E-state index is 13.7. The van der Waals surface area contributed by atoms with Gasteiger partial charge in [-0.1, -0.05) is 48.0 Å². The van der Waals surface area contributed by atoms with Crippen molar-refractivity contribution in [3.63, 3.8) is 0 Å². The molecule has 1 saturated carbocycles. The summed E-state index contributed by atoms with van der Waals surface area (Å²) in [5.74, 6) is -2.13. The predicted octanol–water partition coefficient (Wildman–Crippen LogP) is 4.84. The number of benzene rings is 2. The summed E-state index contributed by atoms with van der Waals surface area (Å²) >= 11 is 0. The molecule has 4 rings (SSSR count). The molecule has 10 heteroatoms. The van der Waals surface area contributed by atoms with E-state index in [4.69, 9.17) is 13.7 Å². The van der Waals surface area contributed by atoms with Crippen LogP contribution in [-0.2, 0) is 33.4 Å². The van der Waals surface area contributed by atoms with Gasteiger partial charge in [-0.15, -0.1) is 0 Å². The molecule has 0 bridgehead atoms. The minimum Gasteiger partial charge on any atom is -0.464 e. The Morgan fingerprint density at radius 3 is 2.25 bits per heavy atom. The zero-order valence-electron chi connectivity index (χ0n) is 23.7. The molecule has 216 valence electrons. The van der Waals surface area contributed by atoms with Crippen LogP contribution in [0.1, 0.15) is 58.2 Å². The smallest absolute Gasteiger partial charge is 0.411 e. The van der Waals surface area contributed by atoms with Crippen molar-refractivity contribution in [2.45, 2.75) is 70.5 Å². The van der Waals surface area contributed by atoms with Crippen molar-refractivity contribution in [1.29, 1.82) is 0 Å². The molecule has 1 saturated heterocycles. The minimum atomic E-state index is -4.18. The standard InChI is InChI=1S/C30H37NO8S/c1-7-37-27(33)26-22-17-23(32)30(6,18-38-40(35,36)21-15-13-19(2)14-16-21)24(22)25(20-11-9-8-10-12-20)31(26)28(34)39-29(3,4)5/h8-16,22,24-26H,7,17-18H2,1-6H3/t22-,24+,25+,26-,30-/m0/s1. The second-order valence-electron chi connectivity index (χ2n) is 11.7. The molecule has 1 aliphatic heterocycles. The van der Waals surface area contributed by atoms with Gasteiger partial charge in [0.2, 0.25) is 0 Å². The average Bonchev–Trinajstić information content (AvgIpc) is 3.34. The summed E-state index contributed by atoms with van der Waals surface area (Å²) in [4.78, 5) is 42.1. The fourth-order valence-corrected chi connectivity index (χ4v) is 6.91. The molecule has 1 amide bonds. The van der Waals surface area contributed by atoms with E-state index in [-0.39, 0.29) is 23.7 Å². The maximum absolute atomic E-state index is 13.7. The molecular weight excluding hydrogens is 534 g/mol. The lowest BCUT2D eigenvalue weighted by Crippen LogP contribution is -2.48. The van der Waals surface area contributed by atoms with Crippen LogP contribution in [0.4, 0.5) is 4.79 Å². The molecule has 40 heavy (non-hydrogen) atoms. The van der Waals surface area contributed by atoms with Gasteiger partial charge in [0.05, 0.1) is 29.6 Å². The topological polar surface area (TPSA) is 116 Å². The molecule has 0 aromatic heterocycles. The van der Waals surface area contributed by atoms with Crippen LogP contribution in [0.2, 0.25) is 0 Å². The molecule has 1 aliphatic carbocycles.